The van der Waals surface area contributed by atoms with Crippen LogP contribution in [0.4, 0.5) is 0 Å². The van der Waals surface area contributed by atoms with Gasteiger partial charge in [-0.05, 0) is 30.0 Å². The van der Waals surface area contributed by atoms with Crippen molar-refractivity contribution in [2.75, 3.05) is 12.4 Å². The van der Waals surface area contributed by atoms with E-state index in [2.05, 4.69) is 26.0 Å². The Morgan fingerprint density at radius 3 is 2.40 bits per heavy atom. The van der Waals surface area contributed by atoms with Gasteiger partial charge < -0.3 is 4.74 Å². The lowest BCUT2D eigenvalue weighted by molar-refractivity contribution is 0.198. The Labute approximate surface area is 126 Å². The van der Waals surface area contributed by atoms with E-state index in [-0.39, 0.29) is 5.75 Å². The van der Waals surface area contributed by atoms with Crippen molar-refractivity contribution in [3.63, 3.8) is 0 Å². The molecule has 0 bridgehead atoms. The molecule has 0 atom stereocenters. The lowest BCUT2D eigenvalue weighted by atomic mass is 9.97. The van der Waals surface area contributed by atoms with Crippen molar-refractivity contribution < 1.29 is 13.2 Å². The minimum Gasteiger partial charge on any atom is -0.493 e. The molecule has 5 heteroatoms. The van der Waals surface area contributed by atoms with E-state index in [1.807, 2.05) is 26.8 Å². The van der Waals surface area contributed by atoms with Crippen molar-refractivity contribution in [2.45, 2.75) is 40.5 Å². The van der Waals surface area contributed by atoms with Crippen LogP contribution in [0.1, 0.15) is 44.7 Å². The van der Waals surface area contributed by atoms with Crippen LogP contribution in [0.3, 0.4) is 0 Å². The first-order valence-electron chi connectivity index (χ1n) is 6.66. The van der Waals surface area contributed by atoms with Gasteiger partial charge in [-0.1, -0.05) is 39.8 Å². The van der Waals surface area contributed by atoms with Crippen molar-refractivity contribution in [1.29, 1.82) is 0 Å². The number of halogens is 1. The van der Waals surface area contributed by atoms with Gasteiger partial charge in [0.15, 0.2) is 0 Å². The van der Waals surface area contributed by atoms with E-state index in [1.54, 1.807) is 0 Å². The van der Waals surface area contributed by atoms with Gasteiger partial charge in [0, 0.05) is 16.1 Å². The predicted molar refractivity (Wildman–Crippen MR) is 84.2 cm³/mol. The second-order valence-electron chi connectivity index (χ2n) is 6.33. The van der Waals surface area contributed by atoms with Crippen molar-refractivity contribution in [3.8, 4) is 5.75 Å². The van der Waals surface area contributed by atoms with E-state index in [1.165, 1.54) is 0 Å². The number of hydrogen-bond acceptors (Lipinski definition) is 3. The predicted octanol–water partition coefficient (Wildman–Crippen LogP) is 4.09. The van der Waals surface area contributed by atoms with Crippen molar-refractivity contribution in [3.05, 3.63) is 29.3 Å². The Bertz CT molecular complexity index is 562. The largest absolute Gasteiger partial charge is 0.493 e. The standard InChI is InChI=1S/C15H23ClO3S/c1-11(2)13-7-6-12(3)8-14(13)19-9-15(4,5)10-20(16,17)18/h6-8,11H,9-10H2,1-5H3. The Morgan fingerprint density at radius 2 is 1.90 bits per heavy atom. The molecular weight excluding hydrogens is 296 g/mol. The quantitative estimate of drug-likeness (QED) is 0.742. The molecule has 0 spiro atoms. The third kappa shape index (κ3) is 5.71. The van der Waals surface area contributed by atoms with Crippen LogP contribution in [-0.4, -0.2) is 20.8 Å². The molecule has 1 aromatic carbocycles. The summed E-state index contributed by atoms with van der Waals surface area (Å²) >= 11 is 0. The van der Waals surface area contributed by atoms with E-state index >= 15 is 0 Å². The van der Waals surface area contributed by atoms with Crippen molar-refractivity contribution in [2.24, 2.45) is 5.41 Å². The highest BCUT2D eigenvalue weighted by molar-refractivity contribution is 8.13. The van der Waals surface area contributed by atoms with Gasteiger partial charge in [-0.2, -0.15) is 0 Å². The number of rotatable bonds is 6. The third-order valence-electron chi connectivity index (χ3n) is 2.97. The Hall–Kier alpha value is -0.740. The maximum atomic E-state index is 11.2. The van der Waals surface area contributed by atoms with Crippen LogP contribution in [-0.2, 0) is 9.05 Å². The van der Waals surface area contributed by atoms with Gasteiger partial charge in [-0.15, -0.1) is 0 Å². The SMILES string of the molecule is Cc1ccc(C(C)C)c(OCC(C)(C)CS(=O)(=O)Cl)c1. The molecular formula is C15H23ClO3S. The molecule has 3 nitrogen and oxygen atoms in total. The van der Waals surface area contributed by atoms with Crippen LogP contribution < -0.4 is 4.74 Å². The molecule has 0 unspecified atom stereocenters. The molecule has 1 rings (SSSR count). The summed E-state index contributed by atoms with van der Waals surface area (Å²) in [6.07, 6.45) is 0. The average molecular weight is 319 g/mol. The molecule has 0 N–H and O–H groups in total. The molecule has 0 aromatic heterocycles. The lowest BCUT2D eigenvalue weighted by Gasteiger charge is -2.24. The summed E-state index contributed by atoms with van der Waals surface area (Å²) in [5.41, 5.74) is 1.71. The van der Waals surface area contributed by atoms with E-state index in [0.717, 1.165) is 16.9 Å². The van der Waals surface area contributed by atoms with Crippen LogP contribution >= 0.6 is 10.7 Å². The Morgan fingerprint density at radius 1 is 1.30 bits per heavy atom. The number of ether oxygens (including phenoxy) is 1. The average Bonchev–Trinajstić information content (AvgIpc) is 2.22. The summed E-state index contributed by atoms with van der Waals surface area (Å²) in [6.45, 7) is 10.2. The minimum atomic E-state index is -3.53. The molecule has 20 heavy (non-hydrogen) atoms. The monoisotopic (exact) mass is 318 g/mol. The highest BCUT2D eigenvalue weighted by atomic mass is 35.7. The summed E-state index contributed by atoms with van der Waals surface area (Å²) < 4.78 is 28.3. The van der Waals surface area contributed by atoms with Crippen molar-refractivity contribution >= 4 is 19.7 Å². The smallest absolute Gasteiger partial charge is 0.233 e. The number of hydrogen-bond donors (Lipinski definition) is 0. The molecule has 114 valence electrons. The lowest BCUT2D eigenvalue weighted by Crippen LogP contribution is -2.28. The van der Waals surface area contributed by atoms with Gasteiger partial charge in [0.1, 0.15) is 5.75 Å². The first-order valence-corrected chi connectivity index (χ1v) is 9.14. The molecule has 0 radical (unpaired) electrons. The van der Waals surface area contributed by atoms with Crippen LogP contribution in [0, 0.1) is 12.3 Å². The van der Waals surface area contributed by atoms with Crippen LogP contribution in [0.15, 0.2) is 18.2 Å². The fourth-order valence-electron chi connectivity index (χ4n) is 2.03. The van der Waals surface area contributed by atoms with Gasteiger partial charge in [0.05, 0.1) is 12.4 Å². The molecule has 0 saturated carbocycles. The maximum Gasteiger partial charge on any atom is 0.233 e. The molecule has 0 fully saturated rings. The zero-order chi connectivity index (χ0) is 15.6. The van der Waals surface area contributed by atoms with Gasteiger partial charge in [-0.3, -0.25) is 0 Å². The van der Waals surface area contributed by atoms with Crippen molar-refractivity contribution in [1.82, 2.24) is 0 Å². The first kappa shape index (κ1) is 17.3. The zero-order valence-corrected chi connectivity index (χ0v) is 14.3. The minimum absolute atomic E-state index is 0.107. The summed E-state index contributed by atoms with van der Waals surface area (Å²) in [7, 11) is 1.79. The second kappa shape index (κ2) is 6.35. The highest BCUT2D eigenvalue weighted by Gasteiger charge is 2.26. The van der Waals surface area contributed by atoms with Gasteiger partial charge >= 0.3 is 0 Å². The molecule has 0 saturated heterocycles. The Kier molecular flexibility index (Phi) is 5.50. The highest BCUT2D eigenvalue weighted by Crippen LogP contribution is 2.29. The van der Waals surface area contributed by atoms with Crippen LogP contribution in [0.25, 0.3) is 0 Å². The third-order valence-corrected chi connectivity index (χ3v) is 4.43. The van der Waals surface area contributed by atoms with Crippen LogP contribution in [0.2, 0.25) is 0 Å². The fourth-order valence-corrected chi connectivity index (χ4v) is 3.93. The summed E-state index contributed by atoms with van der Waals surface area (Å²) in [4.78, 5) is 0. The van der Waals surface area contributed by atoms with E-state index in [0.29, 0.717) is 12.5 Å². The van der Waals surface area contributed by atoms with E-state index in [9.17, 15) is 8.42 Å². The molecule has 0 aliphatic carbocycles. The molecule has 0 aliphatic rings. The molecule has 0 aliphatic heterocycles. The number of benzene rings is 1. The van der Waals surface area contributed by atoms with Gasteiger partial charge in [-0.25, -0.2) is 8.42 Å². The molecule has 0 amide bonds. The molecule has 0 heterocycles. The summed E-state index contributed by atoms with van der Waals surface area (Å²) in [6, 6.07) is 6.10. The zero-order valence-electron chi connectivity index (χ0n) is 12.7. The summed E-state index contributed by atoms with van der Waals surface area (Å²) in [5, 5.41) is 0. The van der Waals surface area contributed by atoms with Crippen LogP contribution in [0.5, 0.6) is 5.75 Å². The van der Waals surface area contributed by atoms with E-state index in [4.69, 9.17) is 15.4 Å². The van der Waals surface area contributed by atoms with E-state index < -0.39 is 14.5 Å². The molecule has 1 aromatic rings. The fraction of sp³-hybridized carbons (Fsp3) is 0.600. The topological polar surface area (TPSA) is 43.4 Å². The Balaban J connectivity index is 2.86. The van der Waals surface area contributed by atoms with Gasteiger partial charge in [0.2, 0.25) is 9.05 Å². The first-order chi connectivity index (χ1) is 9.00. The van der Waals surface area contributed by atoms with Gasteiger partial charge in [0.25, 0.3) is 0 Å². The summed E-state index contributed by atoms with van der Waals surface area (Å²) in [5.74, 6) is 1.07. The second-order valence-corrected chi connectivity index (χ2v) is 9.11. The maximum absolute atomic E-state index is 11.2. The normalized spacial score (nSPS) is 12.8. The number of aryl methyl sites for hydroxylation is 1.